The lowest BCUT2D eigenvalue weighted by atomic mass is 9.83. The van der Waals surface area contributed by atoms with Gasteiger partial charge in [0.1, 0.15) is 11.4 Å². The standard InChI is InChI=1S/C23H28N4O4/c1-25(2)14-21(28)24-19-8-9-20-17-10-15(12-27(20)23(19)30)11-26(13-17)22(29)16-4-6-18(31-3)7-5-16/h4-9,15,17H,10-14H2,1-3H3,(H,24,28). The van der Waals surface area contributed by atoms with Gasteiger partial charge in [0.25, 0.3) is 11.5 Å². The van der Waals surface area contributed by atoms with E-state index in [0.29, 0.717) is 36.6 Å². The van der Waals surface area contributed by atoms with Crippen molar-refractivity contribution in [3.63, 3.8) is 0 Å². The van der Waals surface area contributed by atoms with Gasteiger partial charge in [-0.25, -0.2) is 0 Å². The Morgan fingerprint density at radius 2 is 1.84 bits per heavy atom. The first-order valence-corrected chi connectivity index (χ1v) is 10.5. The number of piperidine rings is 1. The van der Waals surface area contributed by atoms with Gasteiger partial charge in [0.05, 0.1) is 13.7 Å². The van der Waals surface area contributed by atoms with Crippen molar-refractivity contribution in [2.75, 3.05) is 46.2 Å². The molecule has 1 aromatic carbocycles. The second-order valence-electron chi connectivity index (χ2n) is 8.61. The molecule has 164 valence electrons. The molecule has 2 aliphatic heterocycles. The van der Waals surface area contributed by atoms with Crippen molar-refractivity contribution in [3.05, 3.63) is 58.0 Å². The lowest BCUT2D eigenvalue weighted by molar-refractivity contribution is -0.116. The van der Waals surface area contributed by atoms with Crippen molar-refractivity contribution in [2.45, 2.75) is 18.9 Å². The maximum Gasteiger partial charge on any atom is 0.274 e. The Balaban J connectivity index is 1.53. The quantitative estimate of drug-likeness (QED) is 0.789. The van der Waals surface area contributed by atoms with Gasteiger partial charge in [-0.2, -0.15) is 0 Å². The summed E-state index contributed by atoms with van der Waals surface area (Å²) in [6.07, 6.45) is 0.957. The number of benzene rings is 1. The molecule has 2 bridgehead atoms. The second kappa shape index (κ2) is 8.55. The van der Waals surface area contributed by atoms with Crippen molar-refractivity contribution >= 4 is 17.5 Å². The average Bonchev–Trinajstić information content (AvgIpc) is 2.75. The van der Waals surface area contributed by atoms with Gasteiger partial charge < -0.3 is 24.4 Å². The summed E-state index contributed by atoms with van der Waals surface area (Å²) in [5.41, 5.74) is 1.70. The van der Waals surface area contributed by atoms with E-state index in [1.807, 2.05) is 11.0 Å². The number of anilines is 1. The molecule has 1 N–H and O–H groups in total. The summed E-state index contributed by atoms with van der Waals surface area (Å²) in [4.78, 5) is 41.8. The monoisotopic (exact) mass is 424 g/mol. The zero-order valence-electron chi connectivity index (χ0n) is 18.1. The topological polar surface area (TPSA) is 83.9 Å². The molecule has 1 saturated heterocycles. The number of ether oxygens (including phenoxy) is 1. The number of carbonyl (C=O) groups excluding carboxylic acids is 2. The minimum atomic E-state index is -0.213. The number of likely N-dealkylation sites (N-methyl/N-ethyl adjacent to an activating group) is 1. The number of likely N-dealkylation sites (tertiary alicyclic amines) is 1. The van der Waals surface area contributed by atoms with Crippen LogP contribution in [0.4, 0.5) is 5.69 Å². The van der Waals surface area contributed by atoms with Crippen LogP contribution in [0.1, 0.15) is 28.4 Å². The van der Waals surface area contributed by atoms with Crippen LogP contribution in [-0.2, 0) is 11.3 Å². The van der Waals surface area contributed by atoms with Crippen molar-refractivity contribution < 1.29 is 14.3 Å². The largest absolute Gasteiger partial charge is 0.497 e. The van der Waals surface area contributed by atoms with Gasteiger partial charge in [-0.05, 0) is 62.8 Å². The molecule has 2 aromatic rings. The molecule has 8 heteroatoms. The van der Waals surface area contributed by atoms with Crippen LogP contribution >= 0.6 is 0 Å². The lowest BCUT2D eigenvalue weighted by Crippen LogP contribution is -2.49. The highest BCUT2D eigenvalue weighted by Crippen LogP contribution is 2.36. The van der Waals surface area contributed by atoms with Crippen molar-refractivity contribution in [2.24, 2.45) is 5.92 Å². The van der Waals surface area contributed by atoms with E-state index in [4.69, 9.17) is 4.74 Å². The lowest BCUT2D eigenvalue weighted by Gasteiger charge is -2.43. The summed E-state index contributed by atoms with van der Waals surface area (Å²) in [6.45, 7) is 1.96. The number of pyridine rings is 1. The Bertz CT molecular complexity index is 1040. The predicted octanol–water partition coefficient (Wildman–Crippen LogP) is 1.62. The summed E-state index contributed by atoms with van der Waals surface area (Å²) in [6, 6.07) is 10.7. The number of fused-ring (bicyclic) bond motifs is 4. The smallest absolute Gasteiger partial charge is 0.274 e. The van der Waals surface area contributed by atoms with E-state index in [9.17, 15) is 14.4 Å². The van der Waals surface area contributed by atoms with E-state index in [1.165, 1.54) is 0 Å². The summed E-state index contributed by atoms with van der Waals surface area (Å²) in [5.74, 6) is 0.817. The third-order valence-electron chi connectivity index (χ3n) is 5.96. The van der Waals surface area contributed by atoms with E-state index < -0.39 is 0 Å². The van der Waals surface area contributed by atoms with Gasteiger partial charge in [0.2, 0.25) is 5.91 Å². The van der Waals surface area contributed by atoms with Crippen molar-refractivity contribution in [1.29, 1.82) is 0 Å². The third kappa shape index (κ3) is 4.34. The van der Waals surface area contributed by atoms with Crippen molar-refractivity contribution in [3.8, 4) is 5.75 Å². The summed E-state index contributed by atoms with van der Waals surface area (Å²) in [5, 5.41) is 2.73. The maximum absolute atomic E-state index is 13.0. The molecule has 1 fully saturated rings. The molecule has 2 aliphatic rings. The molecule has 2 unspecified atom stereocenters. The normalized spacial score (nSPS) is 19.7. The number of carbonyl (C=O) groups is 2. The molecule has 1 aromatic heterocycles. The molecule has 2 amide bonds. The Hall–Kier alpha value is -3.13. The Kier molecular flexibility index (Phi) is 5.82. The molecule has 3 heterocycles. The Labute approximate surface area is 181 Å². The van der Waals surface area contributed by atoms with Gasteiger partial charge in [0, 0.05) is 36.8 Å². The molecule has 0 radical (unpaired) electrons. The highest BCUT2D eigenvalue weighted by atomic mass is 16.5. The van der Waals surface area contributed by atoms with Crippen LogP contribution in [0.5, 0.6) is 5.75 Å². The predicted molar refractivity (Wildman–Crippen MR) is 118 cm³/mol. The highest BCUT2D eigenvalue weighted by Gasteiger charge is 2.37. The van der Waals surface area contributed by atoms with Crippen LogP contribution in [0.3, 0.4) is 0 Å². The van der Waals surface area contributed by atoms with E-state index in [-0.39, 0.29) is 35.8 Å². The number of nitrogens with one attached hydrogen (secondary N) is 1. The first kappa shape index (κ1) is 21.1. The second-order valence-corrected chi connectivity index (χ2v) is 8.61. The number of aromatic nitrogens is 1. The first-order chi connectivity index (χ1) is 14.9. The molecule has 31 heavy (non-hydrogen) atoms. The number of methoxy groups -OCH3 is 1. The van der Waals surface area contributed by atoms with Gasteiger partial charge in [0.15, 0.2) is 0 Å². The molecule has 2 atom stereocenters. The minimum Gasteiger partial charge on any atom is -0.497 e. The molecular weight excluding hydrogens is 396 g/mol. The van der Waals surface area contributed by atoms with E-state index in [2.05, 4.69) is 5.32 Å². The van der Waals surface area contributed by atoms with Crippen LogP contribution in [0.25, 0.3) is 0 Å². The van der Waals surface area contributed by atoms with Crippen molar-refractivity contribution in [1.82, 2.24) is 14.4 Å². The average molecular weight is 425 g/mol. The molecule has 0 aliphatic carbocycles. The summed E-state index contributed by atoms with van der Waals surface area (Å²) in [7, 11) is 5.21. The molecule has 4 rings (SSSR count). The van der Waals surface area contributed by atoms with Gasteiger partial charge in [-0.15, -0.1) is 0 Å². The van der Waals surface area contributed by atoms with Crippen LogP contribution in [0.2, 0.25) is 0 Å². The van der Waals surface area contributed by atoms with Crippen LogP contribution in [-0.4, -0.2) is 67.0 Å². The fourth-order valence-electron chi connectivity index (χ4n) is 4.60. The zero-order valence-corrected chi connectivity index (χ0v) is 18.1. The number of nitrogens with zero attached hydrogens (tertiary/aromatic N) is 3. The van der Waals surface area contributed by atoms with Gasteiger partial charge in [-0.1, -0.05) is 0 Å². The number of amides is 2. The number of hydrogen-bond donors (Lipinski definition) is 1. The Morgan fingerprint density at radius 3 is 2.52 bits per heavy atom. The molecule has 0 saturated carbocycles. The third-order valence-corrected chi connectivity index (χ3v) is 5.96. The summed E-state index contributed by atoms with van der Waals surface area (Å²) < 4.78 is 6.95. The van der Waals surface area contributed by atoms with E-state index in [1.54, 1.807) is 61.0 Å². The zero-order chi connectivity index (χ0) is 22.1. The highest BCUT2D eigenvalue weighted by molar-refractivity contribution is 5.94. The van der Waals surface area contributed by atoms with Crippen LogP contribution in [0, 0.1) is 5.92 Å². The molecular formula is C23H28N4O4. The SMILES string of the molecule is COc1ccc(C(=O)N2CC3CC(C2)c2ccc(NC(=O)CN(C)C)c(=O)n2C3)cc1. The van der Waals surface area contributed by atoms with Crippen LogP contribution < -0.4 is 15.6 Å². The molecule has 0 spiro atoms. The number of rotatable bonds is 5. The fourth-order valence-corrected chi connectivity index (χ4v) is 4.60. The number of hydrogen-bond acceptors (Lipinski definition) is 5. The van der Waals surface area contributed by atoms with Gasteiger partial charge >= 0.3 is 0 Å². The molecule has 8 nitrogen and oxygen atoms in total. The fraction of sp³-hybridized carbons (Fsp3) is 0.435. The van der Waals surface area contributed by atoms with E-state index >= 15 is 0 Å². The Morgan fingerprint density at radius 1 is 1.10 bits per heavy atom. The maximum atomic E-state index is 13.0. The van der Waals surface area contributed by atoms with Gasteiger partial charge in [-0.3, -0.25) is 14.4 Å². The van der Waals surface area contributed by atoms with E-state index in [0.717, 1.165) is 12.1 Å². The van der Waals surface area contributed by atoms with Crippen LogP contribution in [0.15, 0.2) is 41.2 Å². The first-order valence-electron chi connectivity index (χ1n) is 10.5. The minimum absolute atomic E-state index is 0.000666. The summed E-state index contributed by atoms with van der Waals surface area (Å²) >= 11 is 0.